The van der Waals surface area contributed by atoms with Gasteiger partial charge in [0, 0.05) is 6.04 Å². The van der Waals surface area contributed by atoms with E-state index in [1.54, 1.807) is 0 Å². The van der Waals surface area contributed by atoms with E-state index in [1.165, 1.54) is 19.3 Å². The number of hydrogen-bond acceptors (Lipinski definition) is 3. The molecule has 2 atom stereocenters. The fraction of sp³-hybridized carbons (Fsp3) is 1.00. The molecular weight excluding hydrogens is 154 g/mol. The van der Waals surface area contributed by atoms with Crippen molar-refractivity contribution in [3.05, 3.63) is 0 Å². The largest absolute Gasteiger partial charge is 0.376 e. The molecule has 2 rings (SSSR count). The van der Waals surface area contributed by atoms with E-state index in [0.717, 1.165) is 13.2 Å². The van der Waals surface area contributed by atoms with Crippen molar-refractivity contribution in [2.75, 3.05) is 20.3 Å². The SMILES string of the molecule is CNC1CCCC1OC1COC1. The third kappa shape index (κ3) is 1.63. The molecule has 70 valence electrons. The molecule has 1 saturated carbocycles. The highest BCUT2D eigenvalue weighted by Gasteiger charge is 2.31. The minimum absolute atomic E-state index is 0.379. The highest BCUT2D eigenvalue weighted by Crippen LogP contribution is 2.24. The lowest BCUT2D eigenvalue weighted by atomic mass is 10.2. The Morgan fingerprint density at radius 3 is 2.75 bits per heavy atom. The summed E-state index contributed by atoms with van der Waals surface area (Å²) in [5, 5.41) is 3.30. The van der Waals surface area contributed by atoms with E-state index in [4.69, 9.17) is 9.47 Å². The van der Waals surface area contributed by atoms with Gasteiger partial charge in [-0.2, -0.15) is 0 Å². The molecule has 12 heavy (non-hydrogen) atoms. The molecule has 0 spiro atoms. The van der Waals surface area contributed by atoms with E-state index in [0.29, 0.717) is 18.2 Å². The number of ether oxygens (including phenoxy) is 2. The second kappa shape index (κ2) is 3.73. The van der Waals surface area contributed by atoms with E-state index >= 15 is 0 Å². The average molecular weight is 171 g/mol. The fourth-order valence-electron chi connectivity index (χ4n) is 1.96. The van der Waals surface area contributed by atoms with E-state index in [1.807, 2.05) is 7.05 Å². The number of nitrogens with one attached hydrogen (secondary N) is 1. The molecule has 3 heteroatoms. The first-order valence-corrected chi connectivity index (χ1v) is 4.80. The Balaban J connectivity index is 1.77. The van der Waals surface area contributed by atoms with Gasteiger partial charge in [-0.1, -0.05) is 0 Å². The molecule has 0 aromatic rings. The van der Waals surface area contributed by atoms with Crippen LogP contribution in [-0.4, -0.2) is 38.5 Å². The van der Waals surface area contributed by atoms with Crippen molar-refractivity contribution in [2.45, 2.75) is 37.5 Å². The summed E-state index contributed by atoms with van der Waals surface area (Å²) in [4.78, 5) is 0. The van der Waals surface area contributed by atoms with Gasteiger partial charge >= 0.3 is 0 Å². The standard InChI is InChI=1S/C9H17NO2/c1-10-8-3-2-4-9(8)12-7-5-11-6-7/h7-10H,2-6H2,1H3. The minimum atomic E-state index is 0.379. The van der Waals surface area contributed by atoms with Crippen LogP contribution in [0.1, 0.15) is 19.3 Å². The van der Waals surface area contributed by atoms with Gasteiger partial charge in [-0.15, -0.1) is 0 Å². The first-order chi connectivity index (χ1) is 5.90. The molecule has 1 aliphatic heterocycles. The predicted octanol–water partition coefficient (Wildman–Crippen LogP) is 0.542. The van der Waals surface area contributed by atoms with Gasteiger partial charge in [-0.05, 0) is 26.3 Å². The summed E-state index contributed by atoms with van der Waals surface area (Å²) in [6.07, 6.45) is 4.58. The maximum atomic E-state index is 5.86. The summed E-state index contributed by atoms with van der Waals surface area (Å²) in [6, 6.07) is 0.575. The Morgan fingerprint density at radius 2 is 2.17 bits per heavy atom. The van der Waals surface area contributed by atoms with Crippen LogP contribution in [0, 0.1) is 0 Å². The summed E-state index contributed by atoms with van der Waals surface area (Å²) in [5.74, 6) is 0. The van der Waals surface area contributed by atoms with Crippen molar-refractivity contribution in [3.8, 4) is 0 Å². The lowest BCUT2D eigenvalue weighted by Gasteiger charge is -2.31. The second-order valence-electron chi connectivity index (χ2n) is 3.66. The molecule has 2 fully saturated rings. The number of likely N-dealkylation sites (N-methyl/N-ethyl adjacent to an activating group) is 1. The van der Waals surface area contributed by atoms with Crippen LogP contribution in [0.4, 0.5) is 0 Å². The topological polar surface area (TPSA) is 30.5 Å². The fourth-order valence-corrected chi connectivity index (χ4v) is 1.96. The summed E-state index contributed by atoms with van der Waals surface area (Å²) in [6.45, 7) is 1.60. The maximum Gasteiger partial charge on any atom is 0.105 e. The smallest absolute Gasteiger partial charge is 0.105 e. The predicted molar refractivity (Wildman–Crippen MR) is 46.2 cm³/mol. The zero-order valence-electron chi connectivity index (χ0n) is 7.58. The van der Waals surface area contributed by atoms with Gasteiger partial charge in [0.2, 0.25) is 0 Å². The van der Waals surface area contributed by atoms with Gasteiger partial charge in [-0.25, -0.2) is 0 Å². The highest BCUT2D eigenvalue weighted by molar-refractivity contribution is 4.84. The third-order valence-corrected chi connectivity index (χ3v) is 2.80. The van der Waals surface area contributed by atoms with Gasteiger partial charge in [0.05, 0.1) is 19.3 Å². The molecular formula is C9H17NO2. The minimum Gasteiger partial charge on any atom is -0.376 e. The lowest BCUT2D eigenvalue weighted by molar-refractivity contribution is -0.156. The van der Waals surface area contributed by atoms with Gasteiger partial charge in [0.15, 0.2) is 0 Å². The van der Waals surface area contributed by atoms with E-state index in [9.17, 15) is 0 Å². The van der Waals surface area contributed by atoms with Crippen LogP contribution >= 0.6 is 0 Å². The zero-order valence-corrected chi connectivity index (χ0v) is 7.58. The number of rotatable bonds is 3. The maximum absolute atomic E-state index is 5.86. The van der Waals surface area contributed by atoms with Crippen LogP contribution in [-0.2, 0) is 9.47 Å². The van der Waals surface area contributed by atoms with Crippen LogP contribution in [0.15, 0.2) is 0 Å². The van der Waals surface area contributed by atoms with E-state index in [-0.39, 0.29) is 0 Å². The van der Waals surface area contributed by atoms with Crippen LogP contribution < -0.4 is 5.32 Å². The second-order valence-corrected chi connectivity index (χ2v) is 3.66. The van der Waals surface area contributed by atoms with Crippen molar-refractivity contribution in [1.29, 1.82) is 0 Å². The summed E-state index contributed by atoms with van der Waals surface area (Å²) in [7, 11) is 2.02. The van der Waals surface area contributed by atoms with E-state index < -0.39 is 0 Å². The van der Waals surface area contributed by atoms with Gasteiger partial charge in [0.25, 0.3) is 0 Å². The monoisotopic (exact) mass is 171 g/mol. The molecule has 0 aromatic carbocycles. The van der Waals surface area contributed by atoms with Crippen LogP contribution in [0.2, 0.25) is 0 Å². The highest BCUT2D eigenvalue weighted by atomic mass is 16.6. The molecule has 1 N–H and O–H groups in total. The first-order valence-electron chi connectivity index (χ1n) is 4.80. The molecule has 0 amide bonds. The molecule has 0 bridgehead atoms. The number of hydrogen-bond donors (Lipinski definition) is 1. The van der Waals surface area contributed by atoms with Crippen LogP contribution in [0.3, 0.4) is 0 Å². The molecule has 0 radical (unpaired) electrons. The Hall–Kier alpha value is -0.120. The zero-order chi connectivity index (χ0) is 8.39. The Labute approximate surface area is 73.4 Å². The molecule has 1 heterocycles. The Kier molecular flexibility index (Phi) is 2.63. The summed E-state index contributed by atoms with van der Waals surface area (Å²) < 4.78 is 10.9. The van der Waals surface area contributed by atoms with Crippen molar-refractivity contribution in [3.63, 3.8) is 0 Å². The molecule has 2 unspecified atom stereocenters. The normalized spacial score (nSPS) is 36.8. The van der Waals surface area contributed by atoms with Crippen molar-refractivity contribution in [1.82, 2.24) is 5.32 Å². The lowest BCUT2D eigenvalue weighted by Crippen LogP contribution is -2.44. The summed E-state index contributed by atoms with van der Waals surface area (Å²) in [5.41, 5.74) is 0. The summed E-state index contributed by atoms with van der Waals surface area (Å²) >= 11 is 0. The molecule has 1 aliphatic carbocycles. The Morgan fingerprint density at radius 1 is 1.33 bits per heavy atom. The van der Waals surface area contributed by atoms with E-state index in [2.05, 4.69) is 5.32 Å². The molecule has 3 nitrogen and oxygen atoms in total. The van der Waals surface area contributed by atoms with Crippen molar-refractivity contribution in [2.24, 2.45) is 0 Å². The molecule has 0 aromatic heterocycles. The molecule has 1 saturated heterocycles. The third-order valence-electron chi connectivity index (χ3n) is 2.80. The van der Waals surface area contributed by atoms with Gasteiger partial charge in [0.1, 0.15) is 6.10 Å². The van der Waals surface area contributed by atoms with Crippen molar-refractivity contribution >= 4 is 0 Å². The average Bonchev–Trinajstić information content (AvgIpc) is 2.43. The van der Waals surface area contributed by atoms with Gasteiger partial charge < -0.3 is 14.8 Å². The Bertz CT molecular complexity index is 147. The van der Waals surface area contributed by atoms with Crippen molar-refractivity contribution < 1.29 is 9.47 Å². The van der Waals surface area contributed by atoms with Crippen LogP contribution in [0.5, 0.6) is 0 Å². The van der Waals surface area contributed by atoms with Crippen LogP contribution in [0.25, 0.3) is 0 Å². The quantitative estimate of drug-likeness (QED) is 0.672. The van der Waals surface area contributed by atoms with Gasteiger partial charge in [-0.3, -0.25) is 0 Å². The molecule has 2 aliphatic rings. The first kappa shape index (κ1) is 8.48.